The van der Waals surface area contributed by atoms with Gasteiger partial charge in [0.2, 0.25) is 5.91 Å². The summed E-state index contributed by atoms with van der Waals surface area (Å²) in [5.41, 5.74) is 3.08. The van der Waals surface area contributed by atoms with Crippen LogP contribution in [0.2, 0.25) is 0 Å². The van der Waals surface area contributed by atoms with Crippen molar-refractivity contribution in [3.8, 4) is 0 Å². The maximum absolute atomic E-state index is 13.5. The SMILES string of the molecule is CN=C(NCCC(=O)N(C)Cc1ccccc1)NCCc1c[nH]c2ccc(F)cc12.I. The molecule has 166 valence electrons. The van der Waals surface area contributed by atoms with Gasteiger partial charge in [-0.3, -0.25) is 9.79 Å². The zero-order valence-electron chi connectivity index (χ0n) is 17.8. The van der Waals surface area contributed by atoms with Gasteiger partial charge >= 0.3 is 0 Å². The summed E-state index contributed by atoms with van der Waals surface area (Å²) in [6.45, 7) is 1.73. The van der Waals surface area contributed by atoms with Crippen molar-refractivity contribution in [1.29, 1.82) is 0 Å². The van der Waals surface area contributed by atoms with Gasteiger partial charge in [0, 0.05) is 57.3 Å². The Balaban J connectivity index is 0.00000341. The Morgan fingerprint density at radius 3 is 2.61 bits per heavy atom. The highest BCUT2D eigenvalue weighted by molar-refractivity contribution is 14.0. The van der Waals surface area contributed by atoms with Crippen molar-refractivity contribution in [3.05, 3.63) is 71.7 Å². The number of nitrogens with zero attached hydrogens (tertiary/aromatic N) is 2. The molecule has 3 N–H and O–H groups in total. The molecule has 0 bridgehead atoms. The first-order valence-electron chi connectivity index (χ1n) is 10.0. The van der Waals surface area contributed by atoms with E-state index in [1.165, 1.54) is 6.07 Å². The standard InChI is InChI=1S/C23H28FN5O.HI/c1-25-23(26-12-10-18-15-28-21-9-8-19(24)14-20(18)21)27-13-11-22(30)29(2)16-17-6-4-3-5-7-17;/h3-9,14-15,28H,10-13,16H2,1-2H3,(H2,25,26,27);1H. The average molecular weight is 537 g/mol. The summed E-state index contributed by atoms with van der Waals surface area (Å²) < 4.78 is 13.5. The first kappa shape index (κ1) is 24.6. The van der Waals surface area contributed by atoms with Crippen molar-refractivity contribution in [2.75, 3.05) is 27.2 Å². The Labute approximate surface area is 199 Å². The van der Waals surface area contributed by atoms with Crippen LogP contribution in [0.5, 0.6) is 0 Å². The molecule has 31 heavy (non-hydrogen) atoms. The highest BCUT2D eigenvalue weighted by Gasteiger charge is 2.10. The Bertz CT molecular complexity index is 1010. The Kier molecular flexibility index (Phi) is 9.77. The van der Waals surface area contributed by atoms with Crippen LogP contribution < -0.4 is 10.6 Å². The molecule has 0 saturated carbocycles. The van der Waals surface area contributed by atoms with Crippen molar-refractivity contribution in [3.63, 3.8) is 0 Å². The first-order chi connectivity index (χ1) is 14.6. The van der Waals surface area contributed by atoms with Crippen molar-refractivity contribution < 1.29 is 9.18 Å². The third-order valence-electron chi connectivity index (χ3n) is 4.96. The van der Waals surface area contributed by atoms with Crippen LogP contribution in [0.25, 0.3) is 10.9 Å². The molecule has 2 aromatic carbocycles. The normalized spacial score (nSPS) is 11.1. The number of aliphatic imine (C=N–C) groups is 1. The van der Waals surface area contributed by atoms with Crippen LogP contribution in [0.1, 0.15) is 17.5 Å². The van der Waals surface area contributed by atoms with E-state index >= 15 is 0 Å². The van der Waals surface area contributed by atoms with Gasteiger partial charge in [-0.05, 0) is 35.7 Å². The fourth-order valence-corrected chi connectivity index (χ4v) is 3.32. The molecule has 0 spiro atoms. The van der Waals surface area contributed by atoms with E-state index in [9.17, 15) is 9.18 Å². The maximum Gasteiger partial charge on any atom is 0.224 e. The van der Waals surface area contributed by atoms with Crippen LogP contribution in [-0.2, 0) is 17.8 Å². The van der Waals surface area contributed by atoms with E-state index in [2.05, 4.69) is 20.6 Å². The van der Waals surface area contributed by atoms with E-state index in [1.54, 1.807) is 24.1 Å². The van der Waals surface area contributed by atoms with Crippen LogP contribution in [0, 0.1) is 5.82 Å². The Morgan fingerprint density at radius 1 is 1.13 bits per heavy atom. The van der Waals surface area contributed by atoms with E-state index in [-0.39, 0.29) is 35.7 Å². The van der Waals surface area contributed by atoms with E-state index in [0.717, 1.165) is 28.5 Å². The molecular formula is C23H29FIN5O. The number of amides is 1. The minimum atomic E-state index is -0.240. The third kappa shape index (κ3) is 7.23. The lowest BCUT2D eigenvalue weighted by Gasteiger charge is -2.18. The number of carbonyl (C=O) groups excluding carboxylic acids is 1. The number of nitrogens with one attached hydrogen (secondary N) is 3. The van der Waals surface area contributed by atoms with Gasteiger partial charge in [0.15, 0.2) is 5.96 Å². The van der Waals surface area contributed by atoms with E-state index in [0.29, 0.717) is 32.0 Å². The van der Waals surface area contributed by atoms with Crippen LogP contribution in [0.3, 0.4) is 0 Å². The molecule has 1 heterocycles. The summed E-state index contributed by atoms with van der Waals surface area (Å²) in [5, 5.41) is 7.30. The van der Waals surface area contributed by atoms with Crippen LogP contribution in [-0.4, -0.2) is 48.9 Å². The van der Waals surface area contributed by atoms with Gasteiger partial charge in [-0.1, -0.05) is 30.3 Å². The Hall–Kier alpha value is -2.62. The second-order valence-corrected chi connectivity index (χ2v) is 7.16. The first-order valence-corrected chi connectivity index (χ1v) is 10.0. The minimum absolute atomic E-state index is 0. The van der Waals surface area contributed by atoms with Gasteiger partial charge < -0.3 is 20.5 Å². The number of hydrogen-bond acceptors (Lipinski definition) is 2. The number of aromatic amines is 1. The smallest absolute Gasteiger partial charge is 0.224 e. The van der Waals surface area contributed by atoms with Crippen LogP contribution >= 0.6 is 24.0 Å². The number of H-pyrrole nitrogens is 1. The summed E-state index contributed by atoms with van der Waals surface area (Å²) in [6, 6.07) is 14.7. The summed E-state index contributed by atoms with van der Waals surface area (Å²) >= 11 is 0. The second kappa shape index (κ2) is 12.3. The zero-order chi connectivity index (χ0) is 21.3. The minimum Gasteiger partial charge on any atom is -0.361 e. The molecule has 0 saturated heterocycles. The summed E-state index contributed by atoms with van der Waals surface area (Å²) in [7, 11) is 3.51. The van der Waals surface area contributed by atoms with Crippen molar-refractivity contribution in [1.82, 2.24) is 20.5 Å². The predicted molar refractivity (Wildman–Crippen MR) is 134 cm³/mol. The molecule has 0 aliphatic heterocycles. The summed E-state index contributed by atoms with van der Waals surface area (Å²) in [5.74, 6) is 0.470. The second-order valence-electron chi connectivity index (χ2n) is 7.16. The van der Waals surface area contributed by atoms with Gasteiger partial charge in [0.25, 0.3) is 0 Å². The number of benzene rings is 2. The van der Waals surface area contributed by atoms with Crippen LogP contribution in [0.4, 0.5) is 4.39 Å². The monoisotopic (exact) mass is 537 g/mol. The fourth-order valence-electron chi connectivity index (χ4n) is 3.32. The van der Waals surface area contributed by atoms with Crippen molar-refractivity contribution >= 4 is 46.7 Å². The van der Waals surface area contributed by atoms with Crippen LogP contribution in [0.15, 0.2) is 59.7 Å². The molecule has 0 radical (unpaired) electrons. The molecule has 3 aromatic rings. The highest BCUT2D eigenvalue weighted by atomic mass is 127. The number of guanidine groups is 1. The fraction of sp³-hybridized carbons (Fsp3) is 0.304. The van der Waals surface area contributed by atoms with E-state index in [1.807, 2.05) is 43.6 Å². The molecule has 0 aliphatic carbocycles. The van der Waals surface area contributed by atoms with E-state index < -0.39 is 0 Å². The van der Waals surface area contributed by atoms with Crippen molar-refractivity contribution in [2.24, 2.45) is 4.99 Å². The van der Waals surface area contributed by atoms with Crippen molar-refractivity contribution in [2.45, 2.75) is 19.4 Å². The lowest BCUT2D eigenvalue weighted by atomic mass is 10.1. The van der Waals surface area contributed by atoms with E-state index in [4.69, 9.17) is 0 Å². The molecule has 1 amide bonds. The summed E-state index contributed by atoms with van der Waals surface area (Å²) in [6.07, 6.45) is 3.01. The number of aromatic nitrogens is 1. The molecule has 0 atom stereocenters. The molecule has 8 heteroatoms. The summed E-state index contributed by atoms with van der Waals surface area (Å²) in [4.78, 5) is 21.4. The lowest BCUT2D eigenvalue weighted by molar-refractivity contribution is -0.130. The topological polar surface area (TPSA) is 72.5 Å². The Morgan fingerprint density at radius 2 is 1.87 bits per heavy atom. The molecule has 1 aromatic heterocycles. The molecule has 0 unspecified atom stereocenters. The quantitative estimate of drug-likeness (QED) is 0.233. The van der Waals surface area contributed by atoms with Gasteiger partial charge in [-0.2, -0.15) is 0 Å². The number of fused-ring (bicyclic) bond motifs is 1. The average Bonchev–Trinajstić information content (AvgIpc) is 3.15. The molecular weight excluding hydrogens is 508 g/mol. The van der Waals surface area contributed by atoms with Gasteiger partial charge in [-0.15, -0.1) is 24.0 Å². The third-order valence-corrected chi connectivity index (χ3v) is 4.96. The molecule has 6 nitrogen and oxygen atoms in total. The number of hydrogen-bond donors (Lipinski definition) is 3. The largest absolute Gasteiger partial charge is 0.361 e. The maximum atomic E-state index is 13.5. The number of rotatable bonds is 8. The number of halogens is 2. The predicted octanol–water partition coefficient (Wildman–Crippen LogP) is 3.68. The van der Waals surface area contributed by atoms with Gasteiger partial charge in [-0.25, -0.2) is 4.39 Å². The number of carbonyl (C=O) groups is 1. The lowest BCUT2D eigenvalue weighted by Crippen LogP contribution is -2.40. The van der Waals surface area contributed by atoms with Gasteiger partial charge in [0.1, 0.15) is 5.82 Å². The van der Waals surface area contributed by atoms with Gasteiger partial charge in [0.05, 0.1) is 0 Å². The molecule has 0 aliphatic rings. The molecule has 0 fully saturated rings. The molecule has 3 rings (SSSR count). The highest BCUT2D eigenvalue weighted by Crippen LogP contribution is 2.19. The zero-order valence-corrected chi connectivity index (χ0v) is 20.2.